The highest BCUT2D eigenvalue weighted by Crippen LogP contribution is 2.09. The fourth-order valence-electron chi connectivity index (χ4n) is 1.14. The Morgan fingerprint density at radius 2 is 2.54 bits per heavy atom. The van der Waals surface area contributed by atoms with E-state index in [1.54, 1.807) is 10.9 Å². The normalized spacial score (nSPS) is 22.9. The van der Waals surface area contributed by atoms with Crippen LogP contribution in [-0.2, 0) is 9.47 Å². The van der Waals surface area contributed by atoms with Gasteiger partial charge in [-0.05, 0) is 0 Å². The van der Waals surface area contributed by atoms with Crippen LogP contribution < -0.4 is 0 Å². The molecule has 0 N–H and O–H groups in total. The van der Waals surface area contributed by atoms with Crippen molar-refractivity contribution in [2.24, 2.45) is 0 Å². The zero-order chi connectivity index (χ0) is 9.10. The molecule has 0 aromatic carbocycles. The number of thiazole rings is 1. The van der Waals surface area contributed by atoms with Crippen molar-refractivity contribution in [1.82, 2.24) is 4.98 Å². The number of ketones is 1. The van der Waals surface area contributed by atoms with E-state index in [1.807, 2.05) is 0 Å². The predicted molar refractivity (Wildman–Crippen MR) is 47.0 cm³/mol. The second-order valence-corrected chi connectivity index (χ2v) is 3.39. The van der Waals surface area contributed by atoms with E-state index >= 15 is 0 Å². The molecule has 1 unspecified atom stereocenters. The number of aromatic nitrogens is 1. The number of nitrogens with zero attached hydrogens (tertiary/aromatic N) is 1. The highest BCUT2D eigenvalue weighted by Gasteiger charge is 2.24. The number of rotatable bonds is 2. The molecule has 0 bridgehead atoms. The maximum atomic E-state index is 11.6. The molecule has 1 atom stereocenters. The first-order chi connectivity index (χ1) is 6.38. The van der Waals surface area contributed by atoms with E-state index in [0.29, 0.717) is 25.5 Å². The van der Waals surface area contributed by atoms with Crippen molar-refractivity contribution in [3.05, 3.63) is 16.6 Å². The molecule has 0 saturated carbocycles. The Morgan fingerprint density at radius 3 is 3.15 bits per heavy atom. The molecule has 0 aliphatic carbocycles. The molecule has 0 radical (unpaired) electrons. The van der Waals surface area contributed by atoms with Gasteiger partial charge in [-0.25, -0.2) is 4.98 Å². The lowest BCUT2D eigenvalue weighted by atomic mass is 10.2. The van der Waals surface area contributed by atoms with E-state index in [1.165, 1.54) is 11.3 Å². The maximum absolute atomic E-state index is 11.6. The van der Waals surface area contributed by atoms with Crippen LogP contribution in [0.15, 0.2) is 10.9 Å². The molecule has 1 aliphatic rings. The van der Waals surface area contributed by atoms with Gasteiger partial charge in [0.1, 0.15) is 11.8 Å². The lowest BCUT2D eigenvalue weighted by Crippen LogP contribution is -2.35. The van der Waals surface area contributed by atoms with Crippen molar-refractivity contribution in [2.75, 3.05) is 19.8 Å². The van der Waals surface area contributed by atoms with Crippen LogP contribution in [0.1, 0.15) is 10.5 Å². The molecule has 4 nitrogen and oxygen atoms in total. The number of hydrogen-bond acceptors (Lipinski definition) is 5. The Bertz CT molecular complexity index is 280. The summed E-state index contributed by atoms with van der Waals surface area (Å²) in [7, 11) is 0. The summed E-state index contributed by atoms with van der Waals surface area (Å²) in [5.41, 5.74) is 2.11. The van der Waals surface area contributed by atoms with Gasteiger partial charge in [0.05, 0.1) is 25.3 Å². The van der Waals surface area contributed by atoms with Crippen molar-refractivity contribution < 1.29 is 14.3 Å². The smallest absolute Gasteiger partial charge is 0.213 e. The summed E-state index contributed by atoms with van der Waals surface area (Å²) >= 11 is 1.40. The third kappa shape index (κ3) is 1.93. The zero-order valence-electron chi connectivity index (χ0n) is 6.93. The molecule has 0 spiro atoms. The summed E-state index contributed by atoms with van der Waals surface area (Å²) < 4.78 is 10.4. The minimum atomic E-state index is -0.462. The summed E-state index contributed by atoms with van der Waals surface area (Å²) in [6, 6.07) is 0. The summed E-state index contributed by atoms with van der Waals surface area (Å²) in [6.07, 6.45) is -0.462. The van der Waals surface area contributed by atoms with Crippen molar-refractivity contribution in [2.45, 2.75) is 6.10 Å². The monoisotopic (exact) mass is 199 g/mol. The van der Waals surface area contributed by atoms with E-state index in [9.17, 15) is 4.79 Å². The van der Waals surface area contributed by atoms with E-state index in [-0.39, 0.29) is 5.78 Å². The van der Waals surface area contributed by atoms with E-state index in [4.69, 9.17) is 9.47 Å². The zero-order valence-corrected chi connectivity index (χ0v) is 7.75. The lowest BCUT2D eigenvalue weighted by molar-refractivity contribution is -0.0720. The topological polar surface area (TPSA) is 48.4 Å². The van der Waals surface area contributed by atoms with Gasteiger partial charge in [0, 0.05) is 5.38 Å². The molecule has 5 heteroatoms. The predicted octanol–water partition coefficient (Wildman–Crippen LogP) is 0.741. The van der Waals surface area contributed by atoms with Crippen LogP contribution in [-0.4, -0.2) is 36.7 Å². The summed E-state index contributed by atoms with van der Waals surface area (Å²) in [6.45, 7) is 1.40. The van der Waals surface area contributed by atoms with E-state index in [2.05, 4.69) is 4.98 Å². The molecule has 1 saturated heterocycles. The molecule has 70 valence electrons. The second-order valence-electron chi connectivity index (χ2n) is 2.67. The van der Waals surface area contributed by atoms with Gasteiger partial charge in [-0.2, -0.15) is 0 Å². The SMILES string of the molecule is O=C(c1cscn1)C1COCCO1. The summed E-state index contributed by atoms with van der Waals surface area (Å²) in [5, 5.41) is 1.72. The van der Waals surface area contributed by atoms with Crippen LogP contribution in [0.2, 0.25) is 0 Å². The Balaban J connectivity index is 2.04. The quantitative estimate of drug-likeness (QED) is 0.659. The first-order valence-electron chi connectivity index (χ1n) is 3.99. The fourth-order valence-corrected chi connectivity index (χ4v) is 1.68. The van der Waals surface area contributed by atoms with Crippen LogP contribution in [0, 0.1) is 0 Å². The number of carbonyl (C=O) groups is 1. The molecule has 2 heterocycles. The number of ether oxygens (including phenoxy) is 2. The molecule has 1 aromatic rings. The lowest BCUT2D eigenvalue weighted by Gasteiger charge is -2.20. The summed E-state index contributed by atoms with van der Waals surface area (Å²) in [4.78, 5) is 15.5. The maximum Gasteiger partial charge on any atom is 0.213 e. The minimum absolute atomic E-state index is 0.0825. The highest BCUT2D eigenvalue weighted by atomic mass is 32.1. The van der Waals surface area contributed by atoms with Gasteiger partial charge in [-0.3, -0.25) is 4.79 Å². The van der Waals surface area contributed by atoms with Crippen LogP contribution in [0.25, 0.3) is 0 Å². The third-order valence-corrected chi connectivity index (χ3v) is 2.38. The Kier molecular flexibility index (Phi) is 2.68. The fraction of sp³-hybridized carbons (Fsp3) is 0.500. The molecule has 1 fully saturated rings. The van der Waals surface area contributed by atoms with Crippen molar-refractivity contribution in [3.63, 3.8) is 0 Å². The third-order valence-electron chi connectivity index (χ3n) is 1.79. The van der Waals surface area contributed by atoms with Crippen LogP contribution in [0.5, 0.6) is 0 Å². The number of hydrogen-bond donors (Lipinski definition) is 0. The van der Waals surface area contributed by atoms with Crippen LogP contribution >= 0.6 is 11.3 Å². The Labute approximate surface area is 79.5 Å². The molecular formula is C8H9NO3S. The van der Waals surface area contributed by atoms with E-state index < -0.39 is 6.10 Å². The Hall–Kier alpha value is -0.780. The van der Waals surface area contributed by atoms with Gasteiger partial charge in [0.25, 0.3) is 0 Å². The Morgan fingerprint density at radius 1 is 1.62 bits per heavy atom. The molecule has 2 rings (SSSR count). The van der Waals surface area contributed by atoms with E-state index in [0.717, 1.165) is 0 Å². The van der Waals surface area contributed by atoms with Gasteiger partial charge < -0.3 is 9.47 Å². The van der Waals surface area contributed by atoms with Crippen molar-refractivity contribution in [1.29, 1.82) is 0 Å². The second kappa shape index (κ2) is 3.95. The van der Waals surface area contributed by atoms with Crippen LogP contribution in [0.3, 0.4) is 0 Å². The standard InChI is InChI=1S/C8H9NO3S/c10-8(6-4-13-5-9-6)7-3-11-1-2-12-7/h4-5,7H,1-3H2. The number of Topliss-reactive ketones (excluding diaryl/α,β-unsaturated/α-hetero) is 1. The minimum Gasteiger partial charge on any atom is -0.376 e. The van der Waals surface area contributed by atoms with Gasteiger partial charge in [-0.15, -0.1) is 11.3 Å². The van der Waals surface area contributed by atoms with Crippen molar-refractivity contribution in [3.8, 4) is 0 Å². The molecule has 1 aliphatic heterocycles. The molecule has 13 heavy (non-hydrogen) atoms. The highest BCUT2D eigenvalue weighted by molar-refractivity contribution is 7.07. The van der Waals surface area contributed by atoms with Gasteiger partial charge >= 0.3 is 0 Å². The largest absolute Gasteiger partial charge is 0.376 e. The van der Waals surface area contributed by atoms with Crippen LogP contribution in [0.4, 0.5) is 0 Å². The van der Waals surface area contributed by atoms with Gasteiger partial charge in [0.15, 0.2) is 0 Å². The number of carbonyl (C=O) groups excluding carboxylic acids is 1. The average Bonchev–Trinajstić information content (AvgIpc) is 2.71. The first-order valence-corrected chi connectivity index (χ1v) is 4.94. The summed E-state index contributed by atoms with van der Waals surface area (Å²) in [5.74, 6) is -0.0825. The average molecular weight is 199 g/mol. The molecular weight excluding hydrogens is 190 g/mol. The van der Waals surface area contributed by atoms with Crippen molar-refractivity contribution >= 4 is 17.1 Å². The first kappa shape index (κ1) is 8.80. The van der Waals surface area contributed by atoms with Gasteiger partial charge in [-0.1, -0.05) is 0 Å². The molecule has 0 amide bonds. The molecule has 1 aromatic heterocycles. The van der Waals surface area contributed by atoms with Gasteiger partial charge in [0.2, 0.25) is 5.78 Å².